The standard InChI is InChI=1S/C15H18N2O3/c1-9-3-2-4-12(15(9)18)8-16-13-10-5-6-11(7-10)14(13)17(19)20/h2-4,8,10-11,13-14,18H,5-7H2,1H3. The molecule has 0 heterocycles. The second-order valence-corrected chi connectivity index (χ2v) is 5.89. The van der Waals surface area contributed by atoms with Gasteiger partial charge in [-0.1, -0.05) is 12.1 Å². The third kappa shape index (κ3) is 2.07. The minimum Gasteiger partial charge on any atom is -0.507 e. The third-order valence-electron chi connectivity index (χ3n) is 4.73. The first-order valence-corrected chi connectivity index (χ1v) is 7.03. The van der Waals surface area contributed by atoms with Gasteiger partial charge in [-0.3, -0.25) is 15.1 Å². The summed E-state index contributed by atoms with van der Waals surface area (Å²) in [4.78, 5) is 15.5. The Labute approximate surface area is 117 Å². The van der Waals surface area contributed by atoms with Gasteiger partial charge >= 0.3 is 0 Å². The molecule has 2 saturated carbocycles. The molecule has 20 heavy (non-hydrogen) atoms. The Bertz CT molecular complexity index is 570. The Balaban J connectivity index is 1.85. The summed E-state index contributed by atoms with van der Waals surface area (Å²) in [6.45, 7) is 1.82. The monoisotopic (exact) mass is 274 g/mol. The zero-order valence-electron chi connectivity index (χ0n) is 11.4. The lowest BCUT2D eigenvalue weighted by molar-refractivity contribution is -0.532. The zero-order valence-corrected chi connectivity index (χ0v) is 11.4. The number of phenolic OH excluding ortho intramolecular Hbond substituents is 1. The minimum atomic E-state index is -0.544. The number of benzene rings is 1. The molecule has 1 N–H and O–H groups in total. The Kier molecular flexibility index (Phi) is 3.20. The molecule has 2 aliphatic rings. The normalized spacial score (nSPS) is 32.0. The van der Waals surface area contributed by atoms with Crippen molar-refractivity contribution in [2.45, 2.75) is 38.3 Å². The first-order chi connectivity index (χ1) is 9.58. The number of rotatable bonds is 3. The number of phenols is 1. The van der Waals surface area contributed by atoms with E-state index in [-0.39, 0.29) is 22.6 Å². The van der Waals surface area contributed by atoms with Crippen LogP contribution in [0, 0.1) is 28.9 Å². The van der Waals surface area contributed by atoms with Gasteiger partial charge in [0, 0.05) is 22.6 Å². The molecule has 0 aliphatic heterocycles. The van der Waals surface area contributed by atoms with E-state index in [0.717, 1.165) is 24.8 Å². The lowest BCUT2D eigenvalue weighted by atomic mass is 9.91. The van der Waals surface area contributed by atoms with Gasteiger partial charge < -0.3 is 5.11 Å². The van der Waals surface area contributed by atoms with Crippen LogP contribution < -0.4 is 0 Å². The highest BCUT2D eigenvalue weighted by Crippen LogP contribution is 2.47. The van der Waals surface area contributed by atoms with Gasteiger partial charge in [0.15, 0.2) is 0 Å². The summed E-state index contributed by atoms with van der Waals surface area (Å²) < 4.78 is 0. The van der Waals surface area contributed by atoms with Crippen LogP contribution >= 0.6 is 0 Å². The molecule has 0 saturated heterocycles. The number of aromatic hydroxyl groups is 1. The number of nitrogens with zero attached hydrogens (tertiary/aromatic N) is 2. The molecule has 5 heteroatoms. The van der Waals surface area contributed by atoms with Crippen molar-refractivity contribution < 1.29 is 10.0 Å². The summed E-state index contributed by atoms with van der Waals surface area (Å²) in [6.07, 6.45) is 4.52. The number of hydrogen-bond acceptors (Lipinski definition) is 4. The van der Waals surface area contributed by atoms with Gasteiger partial charge in [0.2, 0.25) is 6.04 Å². The van der Waals surface area contributed by atoms with Crippen LogP contribution in [0.2, 0.25) is 0 Å². The van der Waals surface area contributed by atoms with E-state index in [2.05, 4.69) is 4.99 Å². The molecule has 4 unspecified atom stereocenters. The summed E-state index contributed by atoms with van der Waals surface area (Å²) in [5.41, 5.74) is 1.42. The molecular formula is C15H18N2O3. The third-order valence-corrected chi connectivity index (χ3v) is 4.73. The van der Waals surface area contributed by atoms with Gasteiger partial charge in [-0.15, -0.1) is 0 Å². The lowest BCUT2D eigenvalue weighted by Crippen LogP contribution is -2.37. The number of aryl methyl sites for hydroxylation is 1. The number of hydrogen-bond donors (Lipinski definition) is 1. The second kappa shape index (κ2) is 4.89. The summed E-state index contributed by atoms with van der Waals surface area (Å²) in [5.74, 6) is 0.721. The Morgan fingerprint density at radius 3 is 2.90 bits per heavy atom. The molecule has 2 bridgehead atoms. The SMILES string of the molecule is Cc1cccc(C=NC2C3CCC(C3)C2[N+](=O)[O-])c1O. The van der Waals surface area contributed by atoms with Gasteiger partial charge in [0.25, 0.3) is 0 Å². The molecule has 4 atom stereocenters. The highest BCUT2D eigenvalue weighted by atomic mass is 16.6. The fraction of sp³-hybridized carbons (Fsp3) is 0.533. The quantitative estimate of drug-likeness (QED) is 0.523. The molecule has 3 rings (SSSR count). The maximum absolute atomic E-state index is 11.2. The summed E-state index contributed by atoms with van der Waals surface area (Å²) in [6, 6.07) is 4.67. The van der Waals surface area contributed by atoms with Gasteiger partial charge in [-0.2, -0.15) is 0 Å². The van der Waals surface area contributed by atoms with Crippen LogP contribution in [0.15, 0.2) is 23.2 Å². The molecule has 0 spiro atoms. The van der Waals surface area contributed by atoms with Gasteiger partial charge in [0.05, 0.1) is 0 Å². The molecule has 5 nitrogen and oxygen atoms in total. The van der Waals surface area contributed by atoms with Gasteiger partial charge in [-0.05, 0) is 43.7 Å². The van der Waals surface area contributed by atoms with Crippen molar-refractivity contribution in [2.24, 2.45) is 16.8 Å². The maximum Gasteiger partial charge on any atom is 0.238 e. The van der Waals surface area contributed by atoms with E-state index in [1.54, 1.807) is 12.3 Å². The van der Waals surface area contributed by atoms with Crippen molar-refractivity contribution in [3.63, 3.8) is 0 Å². The van der Waals surface area contributed by atoms with Gasteiger partial charge in [0.1, 0.15) is 11.8 Å². The number of nitro groups is 1. The molecule has 0 radical (unpaired) electrons. The summed E-state index contributed by atoms with van der Waals surface area (Å²) in [5, 5.41) is 21.2. The lowest BCUT2D eigenvalue weighted by Gasteiger charge is -2.21. The highest BCUT2D eigenvalue weighted by Gasteiger charge is 2.54. The molecule has 1 aromatic rings. The van der Waals surface area contributed by atoms with E-state index in [9.17, 15) is 15.2 Å². The first-order valence-electron chi connectivity index (χ1n) is 7.03. The van der Waals surface area contributed by atoms with E-state index in [1.165, 1.54) is 0 Å². The number of fused-ring (bicyclic) bond motifs is 2. The largest absolute Gasteiger partial charge is 0.507 e. The van der Waals surface area contributed by atoms with Crippen LogP contribution in [0.25, 0.3) is 0 Å². The van der Waals surface area contributed by atoms with Crippen LogP contribution in [-0.4, -0.2) is 28.3 Å². The molecule has 2 fully saturated rings. The van der Waals surface area contributed by atoms with E-state index in [1.807, 2.05) is 19.1 Å². The summed E-state index contributed by atoms with van der Waals surface area (Å²) >= 11 is 0. The molecule has 0 aromatic heterocycles. The van der Waals surface area contributed by atoms with Crippen LogP contribution in [0.1, 0.15) is 30.4 Å². The molecular weight excluding hydrogens is 256 g/mol. The predicted molar refractivity (Wildman–Crippen MR) is 75.8 cm³/mol. The van der Waals surface area contributed by atoms with E-state index >= 15 is 0 Å². The van der Waals surface area contributed by atoms with Crippen molar-refractivity contribution in [1.82, 2.24) is 0 Å². The molecule has 0 amide bonds. The highest BCUT2D eigenvalue weighted by molar-refractivity contribution is 5.84. The maximum atomic E-state index is 11.2. The Morgan fingerprint density at radius 1 is 1.40 bits per heavy atom. The van der Waals surface area contributed by atoms with Crippen LogP contribution in [0.4, 0.5) is 0 Å². The number of para-hydroxylation sites is 1. The Hall–Kier alpha value is -1.91. The first kappa shape index (κ1) is 13.1. The van der Waals surface area contributed by atoms with Crippen LogP contribution in [0.5, 0.6) is 5.75 Å². The predicted octanol–water partition coefficient (Wildman–Crippen LogP) is 2.56. The summed E-state index contributed by atoms with van der Waals surface area (Å²) in [7, 11) is 0. The van der Waals surface area contributed by atoms with E-state index in [0.29, 0.717) is 11.5 Å². The molecule has 2 aliphatic carbocycles. The fourth-order valence-corrected chi connectivity index (χ4v) is 3.69. The van der Waals surface area contributed by atoms with Crippen molar-refractivity contribution in [3.8, 4) is 5.75 Å². The fourth-order valence-electron chi connectivity index (χ4n) is 3.69. The smallest absolute Gasteiger partial charge is 0.238 e. The zero-order chi connectivity index (χ0) is 14.3. The van der Waals surface area contributed by atoms with Crippen molar-refractivity contribution in [2.75, 3.05) is 0 Å². The minimum absolute atomic E-state index is 0.165. The average molecular weight is 274 g/mol. The molecule has 1 aromatic carbocycles. The second-order valence-electron chi connectivity index (χ2n) is 5.89. The van der Waals surface area contributed by atoms with Crippen molar-refractivity contribution >= 4 is 6.21 Å². The van der Waals surface area contributed by atoms with Crippen LogP contribution in [0.3, 0.4) is 0 Å². The average Bonchev–Trinajstić information content (AvgIpc) is 3.00. The van der Waals surface area contributed by atoms with Crippen molar-refractivity contribution in [3.05, 3.63) is 39.4 Å². The topological polar surface area (TPSA) is 75.7 Å². The van der Waals surface area contributed by atoms with Crippen LogP contribution in [-0.2, 0) is 0 Å². The van der Waals surface area contributed by atoms with E-state index in [4.69, 9.17) is 0 Å². The molecule has 106 valence electrons. The number of aliphatic imine (C=N–C) groups is 1. The van der Waals surface area contributed by atoms with Gasteiger partial charge in [-0.25, -0.2) is 0 Å². The van der Waals surface area contributed by atoms with Crippen molar-refractivity contribution in [1.29, 1.82) is 0 Å². The Morgan fingerprint density at radius 2 is 2.15 bits per heavy atom. The van der Waals surface area contributed by atoms with E-state index < -0.39 is 6.04 Å².